The van der Waals surface area contributed by atoms with Crippen LogP contribution in [0.15, 0.2) is 52.2 Å². The summed E-state index contributed by atoms with van der Waals surface area (Å²) >= 11 is 6.04. The first-order valence-electron chi connectivity index (χ1n) is 6.59. The van der Waals surface area contributed by atoms with Crippen molar-refractivity contribution in [1.82, 2.24) is 14.1 Å². The zero-order chi connectivity index (χ0) is 16.6. The van der Waals surface area contributed by atoms with E-state index in [1.54, 1.807) is 36.4 Å². The molecule has 3 rings (SSSR count). The molecular weight excluding hydrogens is 318 g/mol. The van der Waals surface area contributed by atoms with E-state index in [4.69, 9.17) is 17.1 Å². The number of halogens is 1. The Bertz CT molecular complexity index is 1130. The predicted molar refractivity (Wildman–Crippen MR) is 84.3 cm³/mol. The number of aryl methyl sites for hydroxylation is 1. The summed E-state index contributed by atoms with van der Waals surface area (Å²) in [6, 6.07) is 9.77. The van der Waals surface area contributed by atoms with Crippen molar-refractivity contribution in [1.29, 1.82) is 0 Å². The van der Waals surface area contributed by atoms with Crippen LogP contribution in [0.5, 0.6) is 0 Å². The summed E-state index contributed by atoms with van der Waals surface area (Å²) < 4.78 is 2.42. The Morgan fingerprint density at radius 1 is 1.13 bits per heavy atom. The van der Waals surface area contributed by atoms with Gasteiger partial charge in [0.05, 0.1) is 11.0 Å². The number of aromatic nitrogens is 3. The third kappa shape index (κ3) is 2.38. The molecule has 114 valence electrons. The van der Waals surface area contributed by atoms with Crippen LogP contribution in [0.4, 0.5) is 0 Å². The van der Waals surface area contributed by atoms with Crippen molar-refractivity contribution in [2.45, 2.75) is 0 Å². The number of rotatable bonds is 1. The van der Waals surface area contributed by atoms with Gasteiger partial charge in [-0.2, -0.15) is 4.79 Å². The van der Waals surface area contributed by atoms with Gasteiger partial charge >= 0.3 is 16.5 Å². The lowest BCUT2D eigenvalue weighted by atomic mass is 10.3. The highest BCUT2D eigenvalue weighted by molar-refractivity contribution is 6.31. The first kappa shape index (κ1) is 14.9. The van der Waals surface area contributed by atoms with Crippen molar-refractivity contribution in [3.05, 3.63) is 79.2 Å². The Morgan fingerprint density at radius 2 is 1.91 bits per heavy atom. The fourth-order valence-electron chi connectivity index (χ4n) is 2.33. The highest BCUT2D eigenvalue weighted by Gasteiger charge is 2.16. The minimum Gasteiger partial charge on any atom is -0.360 e. The summed E-state index contributed by atoms with van der Waals surface area (Å²) in [5, 5.41) is -0.215. The fraction of sp³-hybridized carbons (Fsp3) is 0.0667. The summed E-state index contributed by atoms with van der Waals surface area (Å²) in [5.74, 6) is 0.283. The molecule has 0 amide bonds. The molecule has 0 aliphatic heterocycles. The SMILES string of the molecule is Cn1c(=O)c(=[N+]=[N-])c(=O)n(-c2ccccn2)c2cc(Cl)ccc21. The molecule has 2 aromatic heterocycles. The van der Waals surface area contributed by atoms with Gasteiger partial charge in [0.15, 0.2) is 0 Å². The molecule has 0 atom stereocenters. The van der Waals surface area contributed by atoms with Gasteiger partial charge in [-0.15, -0.1) is 0 Å². The number of benzene rings is 1. The molecule has 7 nitrogen and oxygen atoms in total. The largest absolute Gasteiger partial charge is 0.444 e. The maximum Gasteiger partial charge on any atom is 0.444 e. The van der Waals surface area contributed by atoms with Crippen LogP contribution in [0.1, 0.15) is 0 Å². The highest BCUT2D eigenvalue weighted by atomic mass is 35.5. The molecule has 0 saturated heterocycles. The number of hydrogen-bond acceptors (Lipinski definition) is 3. The Balaban J connectivity index is 2.77. The average molecular weight is 328 g/mol. The first-order chi connectivity index (χ1) is 11.0. The lowest BCUT2D eigenvalue weighted by molar-refractivity contribution is -0.0699. The Labute approximate surface area is 134 Å². The Kier molecular flexibility index (Phi) is 3.65. The van der Waals surface area contributed by atoms with E-state index in [9.17, 15) is 9.59 Å². The summed E-state index contributed by atoms with van der Waals surface area (Å²) in [5.41, 5.74) is 8.42. The van der Waals surface area contributed by atoms with Crippen LogP contribution in [0.3, 0.4) is 0 Å². The predicted octanol–water partition coefficient (Wildman–Crippen LogP) is 0.868. The molecule has 2 heterocycles. The molecule has 0 fully saturated rings. The maximum atomic E-state index is 12.7. The van der Waals surface area contributed by atoms with Gasteiger partial charge in [-0.05, 0) is 30.3 Å². The van der Waals surface area contributed by atoms with Gasteiger partial charge in [0.1, 0.15) is 5.82 Å². The minimum absolute atomic E-state index is 0.283. The molecule has 0 aliphatic carbocycles. The summed E-state index contributed by atoms with van der Waals surface area (Å²) in [6.07, 6.45) is 1.51. The van der Waals surface area contributed by atoms with Gasteiger partial charge in [0.2, 0.25) is 0 Å². The van der Waals surface area contributed by atoms with Crippen molar-refractivity contribution in [2.24, 2.45) is 7.05 Å². The number of hydrogen-bond donors (Lipinski definition) is 0. The average Bonchev–Trinajstić information content (AvgIpc) is 2.62. The molecule has 1 aromatic carbocycles. The molecule has 0 saturated carbocycles. The second-order valence-electron chi connectivity index (χ2n) is 4.77. The van der Waals surface area contributed by atoms with E-state index in [1.165, 1.54) is 22.4 Å². The Morgan fingerprint density at radius 3 is 2.57 bits per heavy atom. The van der Waals surface area contributed by atoms with E-state index in [2.05, 4.69) is 9.77 Å². The fourth-order valence-corrected chi connectivity index (χ4v) is 2.50. The van der Waals surface area contributed by atoms with Crippen LogP contribution >= 0.6 is 11.6 Å². The molecule has 0 spiro atoms. The van der Waals surface area contributed by atoms with E-state index in [-0.39, 0.29) is 5.82 Å². The lowest BCUT2D eigenvalue weighted by Gasteiger charge is -2.06. The van der Waals surface area contributed by atoms with E-state index in [1.807, 2.05) is 0 Å². The van der Waals surface area contributed by atoms with Gasteiger partial charge in [0, 0.05) is 18.3 Å². The van der Waals surface area contributed by atoms with Crippen LogP contribution in [0.25, 0.3) is 22.4 Å². The molecule has 23 heavy (non-hydrogen) atoms. The zero-order valence-corrected chi connectivity index (χ0v) is 12.7. The summed E-state index contributed by atoms with van der Waals surface area (Å²) in [4.78, 5) is 32.1. The maximum absolute atomic E-state index is 12.7. The zero-order valence-electron chi connectivity index (χ0n) is 12.0. The number of fused-ring (bicyclic) bond motifs is 1. The molecule has 0 aliphatic rings. The van der Waals surface area contributed by atoms with Crippen LogP contribution in [-0.2, 0) is 7.05 Å². The standard InChI is InChI=1S/C15H10ClN5O2/c1-20-10-6-5-9(16)8-11(10)21(12-4-2-3-7-18-12)15(23)13(19-17)14(20)22/h2-8H,1H3. The van der Waals surface area contributed by atoms with Crippen molar-refractivity contribution >= 4 is 22.6 Å². The van der Waals surface area contributed by atoms with Crippen molar-refractivity contribution < 1.29 is 4.79 Å². The van der Waals surface area contributed by atoms with Gasteiger partial charge < -0.3 is 10.1 Å². The second-order valence-corrected chi connectivity index (χ2v) is 5.21. The van der Waals surface area contributed by atoms with Crippen LogP contribution in [-0.4, -0.2) is 18.9 Å². The molecule has 8 heteroatoms. The van der Waals surface area contributed by atoms with Crippen molar-refractivity contribution in [2.75, 3.05) is 0 Å². The van der Waals surface area contributed by atoms with Gasteiger partial charge in [-0.25, -0.2) is 4.98 Å². The van der Waals surface area contributed by atoms with E-state index in [0.717, 1.165) is 0 Å². The topological polar surface area (TPSA) is 93.3 Å². The lowest BCUT2D eigenvalue weighted by Crippen LogP contribution is -2.44. The highest BCUT2D eigenvalue weighted by Crippen LogP contribution is 2.18. The van der Waals surface area contributed by atoms with Crippen LogP contribution < -0.4 is 16.5 Å². The molecule has 0 bridgehead atoms. The van der Waals surface area contributed by atoms with E-state index in [0.29, 0.717) is 16.1 Å². The van der Waals surface area contributed by atoms with Gasteiger partial charge in [-0.1, -0.05) is 17.7 Å². The molecule has 0 unspecified atom stereocenters. The van der Waals surface area contributed by atoms with Gasteiger partial charge in [-0.3, -0.25) is 14.2 Å². The molecule has 0 N–H and O–H groups in total. The second kappa shape index (κ2) is 5.64. The van der Waals surface area contributed by atoms with E-state index < -0.39 is 16.5 Å². The van der Waals surface area contributed by atoms with E-state index >= 15 is 0 Å². The third-order valence-corrected chi connectivity index (χ3v) is 3.67. The first-order valence-corrected chi connectivity index (χ1v) is 6.97. The quantitative estimate of drug-likeness (QED) is 0.490. The smallest absolute Gasteiger partial charge is 0.360 e. The number of pyridine rings is 1. The van der Waals surface area contributed by atoms with Crippen molar-refractivity contribution in [3.63, 3.8) is 0 Å². The van der Waals surface area contributed by atoms with Crippen LogP contribution in [0, 0.1) is 0 Å². The normalized spacial score (nSPS) is 10.5. The molecular formula is C15H10ClN5O2. The minimum atomic E-state index is -0.788. The number of nitrogens with zero attached hydrogens (tertiary/aromatic N) is 5. The monoisotopic (exact) mass is 327 g/mol. The van der Waals surface area contributed by atoms with Gasteiger partial charge in [0.25, 0.3) is 0 Å². The summed E-state index contributed by atoms with van der Waals surface area (Å²) in [6.45, 7) is 0. The molecule has 3 aromatic rings. The summed E-state index contributed by atoms with van der Waals surface area (Å²) in [7, 11) is 1.48. The van der Waals surface area contributed by atoms with Crippen molar-refractivity contribution in [3.8, 4) is 5.82 Å². The van der Waals surface area contributed by atoms with Crippen LogP contribution in [0.2, 0.25) is 5.02 Å². The Hall–Kier alpha value is -3.02. The third-order valence-electron chi connectivity index (χ3n) is 3.43. The molecule has 0 radical (unpaired) electrons.